The predicted octanol–water partition coefficient (Wildman–Crippen LogP) is 4.51. The number of carbonyl (C=O) groups is 1. The van der Waals surface area contributed by atoms with E-state index in [0.717, 1.165) is 0 Å². The van der Waals surface area contributed by atoms with E-state index in [4.69, 9.17) is 51.1 Å². The molecule has 0 saturated heterocycles. The van der Waals surface area contributed by atoms with Crippen molar-refractivity contribution in [3.63, 3.8) is 0 Å². The molecule has 0 radical (unpaired) electrons. The Morgan fingerprint density at radius 1 is 1.41 bits per heavy atom. The Morgan fingerprint density at radius 3 is 2.59 bits per heavy atom. The summed E-state index contributed by atoms with van der Waals surface area (Å²) in [7, 11) is 0. The molecule has 1 aromatic rings. The quantitative estimate of drug-likeness (QED) is 0.466. The number of ether oxygens (including phenoxy) is 1. The van der Waals surface area contributed by atoms with E-state index in [9.17, 15) is 4.79 Å². The van der Waals surface area contributed by atoms with Gasteiger partial charge in [0.2, 0.25) is 3.79 Å². The van der Waals surface area contributed by atoms with Crippen molar-refractivity contribution < 1.29 is 9.53 Å². The molecule has 0 aliphatic heterocycles. The molecule has 0 aromatic heterocycles. The Morgan fingerprint density at radius 2 is 2.06 bits per heavy atom. The van der Waals surface area contributed by atoms with Gasteiger partial charge in [-0.15, -0.1) is 0 Å². The van der Waals surface area contributed by atoms with Crippen LogP contribution in [0, 0.1) is 0 Å². The highest BCUT2D eigenvalue weighted by Crippen LogP contribution is 2.42. The second-order valence-corrected chi connectivity index (χ2v) is 5.77. The topological polar surface area (TPSA) is 26.3 Å². The van der Waals surface area contributed by atoms with Gasteiger partial charge in [0.05, 0.1) is 5.56 Å². The van der Waals surface area contributed by atoms with E-state index in [-0.39, 0.29) is 22.8 Å². The van der Waals surface area contributed by atoms with Crippen LogP contribution >= 0.6 is 46.4 Å². The third-order valence-corrected chi connectivity index (χ3v) is 2.78. The van der Waals surface area contributed by atoms with Gasteiger partial charge in [-0.05, 0) is 18.2 Å². The van der Waals surface area contributed by atoms with Gasteiger partial charge in [-0.3, -0.25) is 0 Å². The van der Waals surface area contributed by atoms with E-state index in [0.29, 0.717) is 0 Å². The normalized spacial score (nSPS) is 11.1. The van der Waals surface area contributed by atoms with E-state index in [2.05, 4.69) is 6.58 Å². The monoisotopic (exact) mass is 312 g/mol. The molecule has 0 unspecified atom stereocenters. The lowest BCUT2D eigenvalue weighted by atomic mass is 10.1. The number of benzene rings is 1. The molecule has 0 amide bonds. The lowest BCUT2D eigenvalue weighted by molar-refractivity contribution is 0.0549. The molecule has 0 saturated carbocycles. The van der Waals surface area contributed by atoms with Gasteiger partial charge >= 0.3 is 5.97 Å². The molecule has 0 spiro atoms. The fourth-order valence-electron chi connectivity index (χ4n) is 1.09. The summed E-state index contributed by atoms with van der Waals surface area (Å²) in [6.45, 7) is 3.55. The van der Waals surface area contributed by atoms with Gasteiger partial charge in [0.15, 0.2) is 0 Å². The molecule has 0 aliphatic rings. The maximum absolute atomic E-state index is 11.6. The van der Waals surface area contributed by atoms with Crippen LogP contribution in [-0.2, 0) is 8.53 Å². The van der Waals surface area contributed by atoms with Gasteiger partial charge in [-0.2, -0.15) is 0 Å². The lowest BCUT2D eigenvalue weighted by Gasteiger charge is -2.14. The average Bonchev–Trinajstić information content (AvgIpc) is 2.25. The smallest absolute Gasteiger partial charge is 0.338 e. The SMILES string of the molecule is C=CCOC(=O)c1ccc(Cl)c(C(Cl)(Cl)Cl)c1. The molecule has 0 aliphatic carbocycles. The number of esters is 1. The molecule has 6 heteroatoms. The first-order valence-electron chi connectivity index (χ1n) is 4.51. The molecular weight excluding hydrogens is 306 g/mol. The zero-order valence-electron chi connectivity index (χ0n) is 8.55. The van der Waals surface area contributed by atoms with E-state index in [1.165, 1.54) is 24.3 Å². The Hall–Kier alpha value is -0.410. The fraction of sp³-hybridized carbons (Fsp3) is 0.182. The third kappa shape index (κ3) is 4.07. The first-order chi connectivity index (χ1) is 7.86. The van der Waals surface area contributed by atoms with E-state index >= 15 is 0 Å². The molecule has 0 bridgehead atoms. The standard InChI is InChI=1S/C11H8Cl4O2/c1-2-5-17-10(16)7-3-4-9(12)8(6-7)11(13,14)15/h2-4,6H,1,5H2. The maximum Gasteiger partial charge on any atom is 0.338 e. The maximum atomic E-state index is 11.6. The minimum Gasteiger partial charge on any atom is -0.458 e. The van der Waals surface area contributed by atoms with Crippen molar-refractivity contribution in [2.75, 3.05) is 6.61 Å². The van der Waals surface area contributed by atoms with Crippen molar-refractivity contribution in [2.45, 2.75) is 3.79 Å². The summed E-state index contributed by atoms with van der Waals surface area (Å²) >= 11 is 23.0. The third-order valence-electron chi connectivity index (χ3n) is 1.84. The number of hydrogen-bond donors (Lipinski definition) is 0. The summed E-state index contributed by atoms with van der Waals surface area (Å²) in [6.07, 6.45) is 1.46. The van der Waals surface area contributed by atoms with Gasteiger partial charge in [0.1, 0.15) is 6.61 Å². The Balaban J connectivity index is 3.04. The molecule has 1 aromatic carbocycles. The van der Waals surface area contributed by atoms with Crippen molar-refractivity contribution in [1.29, 1.82) is 0 Å². The highest BCUT2D eigenvalue weighted by molar-refractivity contribution is 6.67. The van der Waals surface area contributed by atoms with Crippen LogP contribution in [0.15, 0.2) is 30.9 Å². The molecule has 0 fully saturated rings. The largest absolute Gasteiger partial charge is 0.458 e. The Kier molecular flexibility index (Phi) is 5.14. The first kappa shape index (κ1) is 14.7. The minimum absolute atomic E-state index is 0.116. The van der Waals surface area contributed by atoms with Crippen molar-refractivity contribution in [1.82, 2.24) is 0 Å². The Bertz CT molecular complexity index is 438. The molecule has 0 atom stereocenters. The van der Waals surface area contributed by atoms with Gasteiger partial charge in [-0.1, -0.05) is 59.1 Å². The van der Waals surface area contributed by atoms with E-state index < -0.39 is 9.76 Å². The Labute approximate surface area is 119 Å². The van der Waals surface area contributed by atoms with Gasteiger partial charge in [0.25, 0.3) is 0 Å². The van der Waals surface area contributed by atoms with Crippen LogP contribution in [0.25, 0.3) is 0 Å². The number of hydrogen-bond acceptors (Lipinski definition) is 2. The summed E-state index contributed by atoms with van der Waals surface area (Å²) in [5.74, 6) is -0.530. The molecule has 0 heterocycles. The van der Waals surface area contributed by atoms with Crippen molar-refractivity contribution >= 4 is 52.4 Å². The molecule has 17 heavy (non-hydrogen) atoms. The van der Waals surface area contributed by atoms with Crippen LogP contribution < -0.4 is 0 Å². The van der Waals surface area contributed by atoms with Crippen LogP contribution in [-0.4, -0.2) is 12.6 Å². The van der Waals surface area contributed by atoms with Crippen LogP contribution in [0.3, 0.4) is 0 Å². The molecule has 1 rings (SSSR count). The van der Waals surface area contributed by atoms with Gasteiger partial charge in [0, 0.05) is 10.6 Å². The minimum atomic E-state index is -1.69. The van der Waals surface area contributed by atoms with Crippen LogP contribution in [0.5, 0.6) is 0 Å². The average molecular weight is 314 g/mol. The fourth-order valence-corrected chi connectivity index (χ4v) is 1.96. The predicted molar refractivity (Wildman–Crippen MR) is 71.2 cm³/mol. The number of halogens is 4. The highest BCUT2D eigenvalue weighted by Gasteiger charge is 2.27. The lowest BCUT2D eigenvalue weighted by Crippen LogP contribution is -2.08. The van der Waals surface area contributed by atoms with Crippen LogP contribution in [0.4, 0.5) is 0 Å². The highest BCUT2D eigenvalue weighted by atomic mass is 35.6. The van der Waals surface area contributed by atoms with Crippen LogP contribution in [0.2, 0.25) is 5.02 Å². The van der Waals surface area contributed by atoms with E-state index in [1.54, 1.807) is 0 Å². The summed E-state index contributed by atoms with van der Waals surface area (Å²) < 4.78 is 3.17. The number of carbonyl (C=O) groups excluding carboxylic acids is 1. The van der Waals surface area contributed by atoms with Crippen molar-refractivity contribution in [3.05, 3.63) is 47.0 Å². The number of alkyl halides is 3. The first-order valence-corrected chi connectivity index (χ1v) is 6.02. The molecular formula is C11H8Cl4O2. The zero-order chi connectivity index (χ0) is 13.1. The zero-order valence-corrected chi connectivity index (χ0v) is 11.6. The summed E-state index contributed by atoms with van der Waals surface area (Å²) in [5, 5.41) is 0.269. The van der Waals surface area contributed by atoms with Crippen molar-refractivity contribution in [2.24, 2.45) is 0 Å². The van der Waals surface area contributed by atoms with Gasteiger partial charge in [-0.25, -0.2) is 4.79 Å². The second kappa shape index (κ2) is 5.96. The molecule has 2 nitrogen and oxygen atoms in total. The summed E-state index contributed by atoms with van der Waals surface area (Å²) in [6, 6.07) is 4.36. The number of rotatable bonds is 3. The molecule has 92 valence electrons. The van der Waals surface area contributed by atoms with E-state index in [1.807, 2.05) is 0 Å². The van der Waals surface area contributed by atoms with Gasteiger partial charge < -0.3 is 4.74 Å². The summed E-state index contributed by atoms with van der Waals surface area (Å²) in [5.41, 5.74) is 0.495. The van der Waals surface area contributed by atoms with Crippen molar-refractivity contribution in [3.8, 4) is 0 Å². The van der Waals surface area contributed by atoms with Crippen LogP contribution in [0.1, 0.15) is 15.9 Å². The molecule has 0 N–H and O–H groups in total. The second-order valence-electron chi connectivity index (χ2n) is 3.08. The summed E-state index contributed by atoms with van der Waals surface area (Å²) in [4.78, 5) is 11.6.